The summed E-state index contributed by atoms with van der Waals surface area (Å²) in [5, 5.41) is 2.55. The number of nitrogens with zero attached hydrogens (tertiary/aromatic N) is 1. The molecule has 248 valence electrons. The fraction of sp³-hybridized carbons (Fsp3) is 0.543. The first-order chi connectivity index (χ1) is 22.0. The number of ether oxygens (including phenoxy) is 2. The molecule has 0 unspecified atom stereocenters. The first kappa shape index (κ1) is 32.8. The highest BCUT2D eigenvalue weighted by Gasteiger charge is 2.44. The highest BCUT2D eigenvalue weighted by Crippen LogP contribution is 2.47. The molecule has 6 atom stereocenters. The van der Waals surface area contributed by atoms with E-state index in [1.165, 1.54) is 11.1 Å². The molecule has 2 aliphatic heterocycles. The van der Waals surface area contributed by atoms with Crippen molar-refractivity contribution in [3.63, 3.8) is 0 Å². The van der Waals surface area contributed by atoms with Gasteiger partial charge >= 0.3 is 0 Å². The number of amides is 2. The number of sulfonamides is 1. The summed E-state index contributed by atoms with van der Waals surface area (Å²) in [4.78, 5) is 27.9. The van der Waals surface area contributed by atoms with Crippen LogP contribution in [-0.4, -0.2) is 64.9 Å². The summed E-state index contributed by atoms with van der Waals surface area (Å²) < 4.78 is 41.7. The van der Waals surface area contributed by atoms with Crippen LogP contribution in [0.3, 0.4) is 0 Å². The highest BCUT2D eigenvalue weighted by atomic mass is 35.5. The fourth-order valence-corrected chi connectivity index (χ4v) is 9.04. The van der Waals surface area contributed by atoms with Crippen molar-refractivity contribution in [2.24, 2.45) is 17.8 Å². The van der Waals surface area contributed by atoms with Crippen molar-refractivity contribution in [1.29, 1.82) is 0 Å². The van der Waals surface area contributed by atoms with Crippen molar-refractivity contribution in [2.45, 2.75) is 69.1 Å². The second-order valence-electron chi connectivity index (χ2n) is 13.6. The fourth-order valence-electron chi connectivity index (χ4n) is 7.56. The van der Waals surface area contributed by atoms with Crippen LogP contribution in [0.2, 0.25) is 5.02 Å². The second kappa shape index (κ2) is 13.2. The number of nitrogens with one attached hydrogen (secondary N) is 2. The maximum absolute atomic E-state index is 13.4. The Morgan fingerprint density at radius 1 is 1.20 bits per heavy atom. The van der Waals surface area contributed by atoms with Gasteiger partial charge in [-0.25, -0.2) is 13.1 Å². The number of allylic oxidation sites excluding steroid dienone is 1. The Labute approximate surface area is 277 Å². The zero-order valence-corrected chi connectivity index (χ0v) is 28.3. The van der Waals surface area contributed by atoms with E-state index in [0.717, 1.165) is 42.8 Å². The van der Waals surface area contributed by atoms with E-state index in [1.54, 1.807) is 32.2 Å². The van der Waals surface area contributed by atoms with Gasteiger partial charge in [0, 0.05) is 36.1 Å². The number of carbonyl (C=O) groups is 2. The number of anilines is 1. The van der Waals surface area contributed by atoms with Crippen LogP contribution in [0.1, 0.15) is 67.4 Å². The Bertz CT molecular complexity index is 1630. The van der Waals surface area contributed by atoms with Gasteiger partial charge in [-0.15, -0.1) is 0 Å². The van der Waals surface area contributed by atoms with E-state index in [2.05, 4.69) is 27.1 Å². The maximum atomic E-state index is 13.4. The first-order valence-electron chi connectivity index (χ1n) is 16.4. The molecule has 1 saturated carbocycles. The van der Waals surface area contributed by atoms with Gasteiger partial charge in [-0.3, -0.25) is 9.59 Å². The third-order valence-electron chi connectivity index (χ3n) is 10.7. The van der Waals surface area contributed by atoms with Gasteiger partial charge in [-0.2, -0.15) is 0 Å². The number of benzene rings is 2. The third kappa shape index (κ3) is 6.53. The molecule has 2 aromatic carbocycles. The van der Waals surface area contributed by atoms with Crippen molar-refractivity contribution in [1.82, 2.24) is 10.0 Å². The predicted molar refractivity (Wildman–Crippen MR) is 179 cm³/mol. The number of hydrogen-bond donors (Lipinski definition) is 2. The molecular formula is C35H44ClN3O6S. The van der Waals surface area contributed by atoms with E-state index in [-0.39, 0.29) is 47.4 Å². The lowest BCUT2D eigenvalue weighted by Gasteiger charge is -2.46. The van der Waals surface area contributed by atoms with E-state index < -0.39 is 21.2 Å². The third-order valence-corrected chi connectivity index (χ3v) is 12.8. The van der Waals surface area contributed by atoms with E-state index in [0.29, 0.717) is 31.9 Å². The van der Waals surface area contributed by atoms with Crippen molar-refractivity contribution in [3.05, 3.63) is 70.3 Å². The molecule has 0 aromatic heterocycles. The van der Waals surface area contributed by atoms with Crippen LogP contribution in [0.4, 0.5) is 5.69 Å². The van der Waals surface area contributed by atoms with E-state index in [9.17, 15) is 18.0 Å². The molecular weight excluding hydrogens is 626 g/mol. The molecule has 2 heterocycles. The largest absolute Gasteiger partial charge is 0.490 e. The quantitative estimate of drug-likeness (QED) is 0.442. The lowest BCUT2D eigenvalue weighted by Crippen LogP contribution is -2.50. The molecule has 2 aromatic rings. The highest BCUT2D eigenvalue weighted by molar-refractivity contribution is 7.90. The van der Waals surface area contributed by atoms with Crippen molar-refractivity contribution in [3.8, 4) is 5.75 Å². The summed E-state index contributed by atoms with van der Waals surface area (Å²) in [6.07, 6.45) is 9.05. The van der Waals surface area contributed by atoms with Gasteiger partial charge in [0.1, 0.15) is 12.4 Å². The van der Waals surface area contributed by atoms with Crippen molar-refractivity contribution < 1.29 is 27.5 Å². The first-order valence-corrected chi connectivity index (χ1v) is 18.3. The van der Waals surface area contributed by atoms with Crippen molar-refractivity contribution in [2.75, 3.05) is 38.3 Å². The molecule has 6 rings (SSSR count). The standard InChI is InChI=1S/C35H44ClN3O6S/c1-22-6-4-8-31(44-19-33(40)37-3)28-12-9-26(28)18-39-20-35(15-5-7-24-16-27(36)11-13-29(24)35)21-45-32-14-10-25(17-30(32)39)34(41)38-46(42,43)23(22)2/h4,8,10-11,13-14,16-17,22-23,26,28,31H,5-7,9,12,15,18-21H2,1-3H3,(H,37,40)(H,38,41)/b8-4+/t22-,23+,26-,28+,31-,35-/m0/s1. The number of aryl methyl sites for hydroxylation is 1. The Morgan fingerprint density at radius 3 is 2.78 bits per heavy atom. The van der Waals surface area contributed by atoms with Crippen LogP contribution in [0.25, 0.3) is 0 Å². The average Bonchev–Trinajstić information content (AvgIpc) is 3.17. The van der Waals surface area contributed by atoms with Crippen LogP contribution in [0.5, 0.6) is 5.75 Å². The summed E-state index contributed by atoms with van der Waals surface area (Å²) in [5.41, 5.74) is 3.25. The molecule has 0 saturated heterocycles. The number of hydrogen-bond acceptors (Lipinski definition) is 7. The summed E-state index contributed by atoms with van der Waals surface area (Å²) in [5.74, 6) is 0.0281. The monoisotopic (exact) mass is 669 g/mol. The molecule has 1 spiro atoms. The molecule has 2 N–H and O–H groups in total. The Balaban J connectivity index is 1.41. The minimum absolute atomic E-state index is 0.0483. The molecule has 11 heteroatoms. The normalized spacial score (nSPS) is 31.3. The number of carbonyl (C=O) groups excluding carboxylic acids is 2. The molecule has 46 heavy (non-hydrogen) atoms. The summed E-state index contributed by atoms with van der Waals surface area (Å²) >= 11 is 6.42. The van der Waals surface area contributed by atoms with E-state index in [4.69, 9.17) is 21.1 Å². The van der Waals surface area contributed by atoms with Gasteiger partial charge in [0.05, 0.1) is 23.6 Å². The Hall–Kier alpha value is -3.08. The smallest absolute Gasteiger partial charge is 0.264 e. The Kier molecular flexibility index (Phi) is 9.43. The van der Waals surface area contributed by atoms with Gasteiger partial charge < -0.3 is 19.7 Å². The summed E-state index contributed by atoms with van der Waals surface area (Å²) in [6.45, 7) is 5.30. The van der Waals surface area contributed by atoms with E-state index >= 15 is 0 Å². The molecule has 2 bridgehead atoms. The minimum Gasteiger partial charge on any atom is -0.490 e. The van der Waals surface area contributed by atoms with Gasteiger partial charge in [0.2, 0.25) is 15.9 Å². The second-order valence-corrected chi connectivity index (χ2v) is 16.0. The van der Waals surface area contributed by atoms with Crippen molar-refractivity contribution >= 4 is 39.1 Å². The van der Waals surface area contributed by atoms with Crippen LogP contribution in [-0.2, 0) is 31.4 Å². The number of rotatable bonds is 3. The molecule has 4 aliphatic rings. The minimum atomic E-state index is -3.96. The van der Waals surface area contributed by atoms with Crippen LogP contribution in [0.15, 0.2) is 48.6 Å². The Morgan fingerprint density at radius 2 is 2.02 bits per heavy atom. The maximum Gasteiger partial charge on any atom is 0.264 e. The summed E-state index contributed by atoms with van der Waals surface area (Å²) in [6, 6.07) is 11.4. The molecule has 1 fully saturated rings. The SMILES string of the molecule is CNC(=O)CO[C@H]1/C=C/C[C@H](C)[C@@H](C)S(=O)(=O)NC(=O)c2ccc3c(c2)N(C[C@@H]2CC[C@H]21)C[C@@]1(CCCc2cc(Cl)ccc21)CO3. The summed E-state index contributed by atoms with van der Waals surface area (Å²) in [7, 11) is -2.36. The van der Waals surface area contributed by atoms with Gasteiger partial charge in [-0.1, -0.05) is 36.7 Å². The van der Waals surface area contributed by atoms with Gasteiger partial charge in [0.25, 0.3) is 5.91 Å². The number of fused-ring (bicyclic) bond motifs is 4. The average molecular weight is 670 g/mol. The molecule has 2 aliphatic carbocycles. The van der Waals surface area contributed by atoms with Crippen LogP contribution < -0.4 is 19.7 Å². The number of likely N-dealkylation sites (N-methyl/N-ethyl adjacent to an activating group) is 1. The predicted octanol–water partition coefficient (Wildman–Crippen LogP) is 5.01. The lowest BCUT2D eigenvalue weighted by atomic mass is 9.68. The topological polar surface area (TPSA) is 114 Å². The molecule has 0 radical (unpaired) electrons. The van der Waals surface area contributed by atoms with Crippen LogP contribution >= 0.6 is 11.6 Å². The van der Waals surface area contributed by atoms with Gasteiger partial charge in [-0.05, 0) is 105 Å². The van der Waals surface area contributed by atoms with Crippen LogP contribution in [0, 0.1) is 17.8 Å². The zero-order chi connectivity index (χ0) is 32.6. The lowest BCUT2D eigenvalue weighted by molar-refractivity contribution is -0.128. The molecule has 2 amide bonds. The van der Waals surface area contributed by atoms with E-state index in [1.807, 2.05) is 25.1 Å². The number of halogens is 1. The molecule has 9 nitrogen and oxygen atoms in total. The van der Waals surface area contributed by atoms with Gasteiger partial charge in [0.15, 0.2) is 0 Å². The zero-order valence-electron chi connectivity index (χ0n) is 26.8.